The minimum atomic E-state index is -0.287. The summed E-state index contributed by atoms with van der Waals surface area (Å²) in [5, 5.41) is 13.4. The largest absolute Gasteiger partial charge is 0.391 e. The zero-order valence-electron chi connectivity index (χ0n) is 15.9. The van der Waals surface area contributed by atoms with E-state index >= 15 is 0 Å². The number of nitrogens with one attached hydrogen (secondary N) is 1. The third kappa shape index (κ3) is 6.69. The van der Waals surface area contributed by atoms with Gasteiger partial charge in [-0.15, -0.1) is 0 Å². The Morgan fingerprint density at radius 1 is 1.08 bits per heavy atom. The first kappa shape index (κ1) is 19.7. The van der Waals surface area contributed by atoms with Gasteiger partial charge in [-0.05, 0) is 18.3 Å². The fourth-order valence-corrected chi connectivity index (χ4v) is 3.52. The molecule has 1 saturated heterocycles. The molecule has 0 spiro atoms. The van der Waals surface area contributed by atoms with Crippen molar-refractivity contribution in [3.8, 4) is 0 Å². The highest BCUT2D eigenvalue weighted by molar-refractivity contribution is 5.76. The van der Waals surface area contributed by atoms with Gasteiger partial charge in [0.1, 0.15) is 0 Å². The smallest absolute Gasteiger partial charge is 0.221 e. The van der Waals surface area contributed by atoms with Crippen LogP contribution in [-0.2, 0) is 4.79 Å². The first-order chi connectivity index (χ1) is 11.3. The molecule has 0 aromatic heterocycles. The second-order valence-electron chi connectivity index (χ2n) is 8.68. The number of aliphatic hydroxyl groups excluding tert-OH is 1. The van der Waals surface area contributed by atoms with Crippen LogP contribution in [0.4, 0.5) is 0 Å². The van der Waals surface area contributed by atoms with Gasteiger partial charge in [0.2, 0.25) is 5.91 Å². The molecule has 1 amide bonds. The number of piperazine rings is 1. The van der Waals surface area contributed by atoms with Gasteiger partial charge in [-0.3, -0.25) is 9.69 Å². The minimum Gasteiger partial charge on any atom is -0.391 e. The molecule has 0 bridgehead atoms. The Morgan fingerprint density at radius 2 is 1.67 bits per heavy atom. The molecule has 0 unspecified atom stereocenters. The lowest BCUT2D eigenvalue weighted by atomic mass is 9.89. The zero-order valence-corrected chi connectivity index (χ0v) is 15.9. The van der Waals surface area contributed by atoms with E-state index in [9.17, 15) is 9.90 Å². The van der Waals surface area contributed by atoms with Crippen LogP contribution in [0, 0.1) is 5.41 Å². The van der Waals surface area contributed by atoms with Gasteiger partial charge >= 0.3 is 0 Å². The molecule has 0 radical (unpaired) electrons. The predicted molar refractivity (Wildman–Crippen MR) is 98.0 cm³/mol. The number of hydrogen-bond acceptors (Lipinski definition) is 4. The van der Waals surface area contributed by atoms with Crippen LogP contribution in [0.2, 0.25) is 0 Å². The predicted octanol–water partition coefficient (Wildman–Crippen LogP) is 1.85. The fourth-order valence-electron chi connectivity index (χ4n) is 3.52. The SMILES string of the molecule is CC(C)(C)[C@H](O)CN1CCN(CCC(=O)NC2CCCCC2)CC1. The van der Waals surface area contributed by atoms with E-state index in [0.29, 0.717) is 12.5 Å². The summed E-state index contributed by atoms with van der Waals surface area (Å²) >= 11 is 0. The fraction of sp³-hybridized carbons (Fsp3) is 0.947. The third-order valence-electron chi connectivity index (χ3n) is 5.52. The average molecular weight is 340 g/mol. The van der Waals surface area contributed by atoms with Crippen molar-refractivity contribution in [2.75, 3.05) is 39.3 Å². The summed E-state index contributed by atoms with van der Waals surface area (Å²) < 4.78 is 0. The second kappa shape index (κ2) is 9.16. The van der Waals surface area contributed by atoms with E-state index in [-0.39, 0.29) is 17.4 Å². The van der Waals surface area contributed by atoms with Crippen LogP contribution in [0.25, 0.3) is 0 Å². The molecule has 0 aromatic carbocycles. The molecule has 5 nitrogen and oxygen atoms in total. The lowest BCUT2D eigenvalue weighted by Gasteiger charge is -2.38. The van der Waals surface area contributed by atoms with E-state index in [2.05, 4.69) is 35.9 Å². The van der Waals surface area contributed by atoms with Crippen molar-refractivity contribution in [2.24, 2.45) is 5.41 Å². The van der Waals surface area contributed by atoms with E-state index < -0.39 is 0 Å². The van der Waals surface area contributed by atoms with Crippen molar-refractivity contribution in [1.29, 1.82) is 0 Å². The van der Waals surface area contributed by atoms with E-state index in [0.717, 1.165) is 52.1 Å². The summed E-state index contributed by atoms with van der Waals surface area (Å²) in [7, 11) is 0. The number of carbonyl (C=O) groups excluding carboxylic acids is 1. The molecule has 2 fully saturated rings. The second-order valence-corrected chi connectivity index (χ2v) is 8.68. The lowest BCUT2D eigenvalue weighted by molar-refractivity contribution is -0.122. The molecule has 1 atom stereocenters. The van der Waals surface area contributed by atoms with Crippen LogP contribution >= 0.6 is 0 Å². The first-order valence-corrected chi connectivity index (χ1v) is 9.77. The number of rotatable bonds is 6. The van der Waals surface area contributed by atoms with Gasteiger partial charge in [0.05, 0.1) is 6.10 Å². The average Bonchev–Trinajstić information content (AvgIpc) is 2.54. The highest BCUT2D eigenvalue weighted by Crippen LogP contribution is 2.20. The molecular formula is C19H37N3O2. The molecule has 1 heterocycles. The number of hydrogen-bond donors (Lipinski definition) is 2. The molecular weight excluding hydrogens is 302 g/mol. The summed E-state index contributed by atoms with van der Waals surface area (Å²) in [6.45, 7) is 11.8. The van der Waals surface area contributed by atoms with Crippen LogP contribution in [-0.4, -0.2) is 72.2 Å². The van der Waals surface area contributed by atoms with Gasteiger partial charge in [0.15, 0.2) is 0 Å². The van der Waals surface area contributed by atoms with E-state index in [1.165, 1.54) is 19.3 Å². The summed E-state index contributed by atoms with van der Waals surface area (Å²) in [5.74, 6) is 0.215. The highest BCUT2D eigenvalue weighted by atomic mass is 16.3. The zero-order chi connectivity index (χ0) is 17.6. The standard InChI is InChI=1S/C19H37N3O2/c1-19(2,3)17(23)15-22-13-11-21(12-14-22)10-9-18(24)20-16-7-5-4-6-8-16/h16-17,23H,4-15H2,1-3H3,(H,20,24)/t17-/m1/s1. The summed E-state index contributed by atoms with van der Waals surface area (Å²) in [4.78, 5) is 16.8. The van der Waals surface area contributed by atoms with Crippen LogP contribution in [0.15, 0.2) is 0 Å². The number of β-amino-alcohol motifs (C(OH)–C–C–N with tert-alkyl or cyclic N) is 1. The van der Waals surface area contributed by atoms with Gasteiger partial charge in [0.25, 0.3) is 0 Å². The molecule has 24 heavy (non-hydrogen) atoms. The number of nitrogens with zero attached hydrogens (tertiary/aromatic N) is 2. The highest BCUT2D eigenvalue weighted by Gasteiger charge is 2.26. The van der Waals surface area contributed by atoms with Gasteiger partial charge in [-0.25, -0.2) is 0 Å². The molecule has 2 rings (SSSR count). The molecule has 5 heteroatoms. The van der Waals surface area contributed by atoms with Crippen molar-refractivity contribution >= 4 is 5.91 Å². The molecule has 2 N–H and O–H groups in total. The van der Waals surface area contributed by atoms with E-state index in [1.54, 1.807) is 0 Å². The van der Waals surface area contributed by atoms with Crippen LogP contribution in [0.1, 0.15) is 59.3 Å². The van der Waals surface area contributed by atoms with Gasteiger partial charge in [0, 0.05) is 51.7 Å². The quantitative estimate of drug-likeness (QED) is 0.775. The van der Waals surface area contributed by atoms with Gasteiger partial charge in [-0.2, -0.15) is 0 Å². The van der Waals surface area contributed by atoms with Crippen molar-refractivity contribution in [3.05, 3.63) is 0 Å². The Bertz CT molecular complexity index is 381. The topological polar surface area (TPSA) is 55.8 Å². The van der Waals surface area contributed by atoms with Crippen LogP contribution in [0.3, 0.4) is 0 Å². The molecule has 2 aliphatic rings. The number of carbonyl (C=O) groups is 1. The van der Waals surface area contributed by atoms with Crippen molar-refractivity contribution in [1.82, 2.24) is 15.1 Å². The molecule has 140 valence electrons. The summed E-state index contributed by atoms with van der Waals surface area (Å²) in [6, 6.07) is 0.419. The van der Waals surface area contributed by atoms with Crippen molar-refractivity contribution < 1.29 is 9.90 Å². The maximum Gasteiger partial charge on any atom is 0.221 e. The van der Waals surface area contributed by atoms with E-state index in [1.807, 2.05) is 0 Å². The van der Waals surface area contributed by atoms with Crippen LogP contribution in [0.5, 0.6) is 0 Å². The van der Waals surface area contributed by atoms with E-state index in [4.69, 9.17) is 0 Å². The molecule has 1 aliphatic heterocycles. The Hall–Kier alpha value is -0.650. The van der Waals surface area contributed by atoms with Crippen molar-refractivity contribution in [2.45, 2.75) is 71.4 Å². The van der Waals surface area contributed by atoms with Gasteiger partial charge in [-0.1, -0.05) is 40.0 Å². The third-order valence-corrected chi connectivity index (χ3v) is 5.52. The molecule has 1 aliphatic carbocycles. The first-order valence-electron chi connectivity index (χ1n) is 9.77. The van der Waals surface area contributed by atoms with Crippen molar-refractivity contribution in [3.63, 3.8) is 0 Å². The lowest BCUT2D eigenvalue weighted by Crippen LogP contribution is -2.50. The Morgan fingerprint density at radius 3 is 2.25 bits per heavy atom. The van der Waals surface area contributed by atoms with Crippen LogP contribution < -0.4 is 5.32 Å². The normalized spacial score (nSPS) is 23.2. The minimum absolute atomic E-state index is 0.0612. The monoisotopic (exact) mass is 339 g/mol. The number of aliphatic hydroxyl groups is 1. The maximum atomic E-state index is 12.1. The Labute approximate surface area is 147 Å². The van der Waals surface area contributed by atoms with Gasteiger partial charge < -0.3 is 15.3 Å². The summed E-state index contributed by atoms with van der Waals surface area (Å²) in [6.07, 6.45) is 6.47. The Kier molecular flexibility index (Phi) is 7.51. The summed E-state index contributed by atoms with van der Waals surface area (Å²) in [5.41, 5.74) is -0.0612. The number of amides is 1. The Balaban J connectivity index is 1.60. The molecule has 1 saturated carbocycles. The maximum absolute atomic E-state index is 12.1. The molecule has 0 aromatic rings.